The van der Waals surface area contributed by atoms with Crippen LogP contribution in [0.3, 0.4) is 0 Å². The minimum absolute atomic E-state index is 0.0175. The summed E-state index contributed by atoms with van der Waals surface area (Å²) in [5.41, 5.74) is 4.74. The maximum Gasteiger partial charge on any atom is 0.318 e. The number of furan rings is 1. The standard InChI is InChI=1S/C8H11N3O3/c9-8(13)11-7(12)5-10-4-6-2-1-3-14-6/h1-3,10H,4-5H2,(H3,9,11,12,13). The van der Waals surface area contributed by atoms with Crippen LogP contribution in [0, 0.1) is 0 Å². The molecule has 0 aliphatic rings. The second-order valence-electron chi connectivity index (χ2n) is 2.60. The molecule has 0 bridgehead atoms. The highest BCUT2D eigenvalue weighted by Crippen LogP contribution is 1.97. The number of nitrogens with two attached hydrogens (primary N) is 1. The summed E-state index contributed by atoms with van der Waals surface area (Å²) in [6.45, 7) is 0.447. The molecule has 0 aliphatic carbocycles. The van der Waals surface area contributed by atoms with Gasteiger partial charge < -0.3 is 15.5 Å². The van der Waals surface area contributed by atoms with E-state index in [1.165, 1.54) is 0 Å². The Morgan fingerprint density at radius 2 is 2.29 bits per heavy atom. The Balaban J connectivity index is 2.15. The Kier molecular flexibility index (Phi) is 3.69. The van der Waals surface area contributed by atoms with Crippen molar-refractivity contribution in [2.45, 2.75) is 6.54 Å². The lowest BCUT2D eigenvalue weighted by Gasteiger charge is -2.01. The zero-order valence-corrected chi connectivity index (χ0v) is 7.45. The fourth-order valence-electron chi connectivity index (χ4n) is 0.894. The summed E-state index contributed by atoms with van der Waals surface area (Å²) in [5, 5.41) is 4.71. The highest BCUT2D eigenvalue weighted by molar-refractivity contribution is 5.94. The van der Waals surface area contributed by atoms with Gasteiger partial charge >= 0.3 is 6.03 Å². The van der Waals surface area contributed by atoms with Crippen LogP contribution >= 0.6 is 0 Å². The topological polar surface area (TPSA) is 97.4 Å². The first kappa shape index (κ1) is 10.3. The predicted molar refractivity (Wildman–Crippen MR) is 48.1 cm³/mol. The number of urea groups is 1. The number of hydrogen-bond donors (Lipinski definition) is 3. The van der Waals surface area contributed by atoms with Crippen LogP contribution in [0.25, 0.3) is 0 Å². The molecule has 1 heterocycles. The number of amides is 3. The van der Waals surface area contributed by atoms with E-state index in [-0.39, 0.29) is 6.54 Å². The maximum atomic E-state index is 10.9. The first-order valence-electron chi connectivity index (χ1n) is 4.01. The van der Waals surface area contributed by atoms with E-state index < -0.39 is 11.9 Å². The molecule has 6 nitrogen and oxygen atoms in total. The van der Waals surface area contributed by atoms with Crippen molar-refractivity contribution in [3.05, 3.63) is 24.2 Å². The molecule has 14 heavy (non-hydrogen) atoms. The second kappa shape index (κ2) is 5.03. The molecule has 0 atom stereocenters. The minimum Gasteiger partial charge on any atom is -0.468 e. The molecule has 0 saturated heterocycles. The third-order valence-corrected chi connectivity index (χ3v) is 1.43. The largest absolute Gasteiger partial charge is 0.468 e. The summed E-state index contributed by atoms with van der Waals surface area (Å²) in [6.07, 6.45) is 1.54. The smallest absolute Gasteiger partial charge is 0.318 e. The van der Waals surface area contributed by atoms with Crippen LogP contribution in [0.2, 0.25) is 0 Å². The van der Waals surface area contributed by atoms with Gasteiger partial charge in [0.2, 0.25) is 5.91 Å². The van der Waals surface area contributed by atoms with Crippen molar-refractivity contribution >= 4 is 11.9 Å². The quantitative estimate of drug-likeness (QED) is 0.609. The van der Waals surface area contributed by atoms with Crippen LogP contribution in [0.15, 0.2) is 22.8 Å². The Morgan fingerprint density at radius 3 is 2.86 bits per heavy atom. The van der Waals surface area contributed by atoms with Crippen molar-refractivity contribution in [2.75, 3.05) is 6.54 Å². The lowest BCUT2D eigenvalue weighted by molar-refractivity contribution is -0.119. The van der Waals surface area contributed by atoms with E-state index in [0.717, 1.165) is 5.76 Å². The average Bonchev–Trinajstić information content (AvgIpc) is 2.55. The lowest BCUT2D eigenvalue weighted by Crippen LogP contribution is -2.40. The van der Waals surface area contributed by atoms with Crippen LogP contribution < -0.4 is 16.4 Å². The van der Waals surface area contributed by atoms with Crippen molar-refractivity contribution in [3.63, 3.8) is 0 Å². The van der Waals surface area contributed by atoms with Crippen molar-refractivity contribution < 1.29 is 14.0 Å². The molecule has 1 aromatic heterocycles. The molecular weight excluding hydrogens is 186 g/mol. The summed E-state index contributed by atoms with van der Waals surface area (Å²) in [5.74, 6) is 0.251. The van der Waals surface area contributed by atoms with Crippen LogP contribution in [0.5, 0.6) is 0 Å². The van der Waals surface area contributed by atoms with Gasteiger partial charge in [-0.25, -0.2) is 4.79 Å². The number of nitrogens with one attached hydrogen (secondary N) is 2. The Labute approximate surface area is 80.4 Å². The second-order valence-corrected chi connectivity index (χ2v) is 2.60. The SMILES string of the molecule is NC(=O)NC(=O)CNCc1ccco1. The molecule has 4 N–H and O–H groups in total. The van der Waals surface area contributed by atoms with Gasteiger partial charge in [0.05, 0.1) is 19.4 Å². The van der Waals surface area contributed by atoms with E-state index in [9.17, 15) is 9.59 Å². The molecule has 6 heteroatoms. The molecule has 0 aliphatic heterocycles. The van der Waals surface area contributed by atoms with Crippen LogP contribution in [0.1, 0.15) is 5.76 Å². The molecule has 76 valence electrons. The number of imide groups is 1. The number of rotatable bonds is 4. The van der Waals surface area contributed by atoms with E-state index in [1.807, 2.05) is 5.32 Å². The summed E-state index contributed by atoms with van der Waals surface area (Å²) in [7, 11) is 0. The fourth-order valence-corrected chi connectivity index (χ4v) is 0.894. The normalized spacial score (nSPS) is 9.71. The first-order chi connectivity index (χ1) is 6.68. The molecule has 0 spiro atoms. The molecule has 0 saturated carbocycles. The molecule has 0 aromatic carbocycles. The van der Waals surface area contributed by atoms with Gasteiger partial charge in [-0.2, -0.15) is 0 Å². The Morgan fingerprint density at radius 1 is 1.50 bits per heavy atom. The molecule has 3 amide bonds. The van der Waals surface area contributed by atoms with Crippen LogP contribution in [-0.4, -0.2) is 18.5 Å². The van der Waals surface area contributed by atoms with Gasteiger partial charge in [0.1, 0.15) is 5.76 Å². The zero-order chi connectivity index (χ0) is 10.4. The summed E-state index contributed by atoms with van der Waals surface area (Å²) in [6, 6.07) is 2.68. The van der Waals surface area contributed by atoms with E-state index >= 15 is 0 Å². The molecule has 1 aromatic rings. The Bertz CT molecular complexity index is 308. The van der Waals surface area contributed by atoms with Gasteiger partial charge in [-0.15, -0.1) is 0 Å². The van der Waals surface area contributed by atoms with Crippen LogP contribution in [0.4, 0.5) is 4.79 Å². The number of primary amides is 1. The number of hydrogen-bond acceptors (Lipinski definition) is 4. The number of carbonyl (C=O) groups excluding carboxylic acids is 2. The zero-order valence-electron chi connectivity index (χ0n) is 7.45. The van der Waals surface area contributed by atoms with E-state index in [4.69, 9.17) is 10.2 Å². The third-order valence-electron chi connectivity index (χ3n) is 1.43. The van der Waals surface area contributed by atoms with Gasteiger partial charge in [-0.1, -0.05) is 0 Å². The maximum absolute atomic E-state index is 10.9. The third kappa shape index (κ3) is 3.72. The average molecular weight is 197 g/mol. The van der Waals surface area contributed by atoms with Crippen molar-refractivity contribution in [3.8, 4) is 0 Å². The van der Waals surface area contributed by atoms with Gasteiger partial charge in [-0.05, 0) is 12.1 Å². The minimum atomic E-state index is -0.852. The molecule has 1 rings (SSSR count). The van der Waals surface area contributed by atoms with Crippen LogP contribution in [-0.2, 0) is 11.3 Å². The van der Waals surface area contributed by atoms with Crippen molar-refractivity contribution in [1.29, 1.82) is 0 Å². The monoisotopic (exact) mass is 197 g/mol. The Hall–Kier alpha value is -1.82. The highest BCUT2D eigenvalue weighted by atomic mass is 16.3. The summed E-state index contributed by atoms with van der Waals surface area (Å²) < 4.78 is 5.01. The fraction of sp³-hybridized carbons (Fsp3) is 0.250. The predicted octanol–water partition coefficient (Wildman–Crippen LogP) is -0.436. The molecule has 0 radical (unpaired) electrons. The van der Waals surface area contributed by atoms with Crippen molar-refractivity contribution in [1.82, 2.24) is 10.6 Å². The highest BCUT2D eigenvalue weighted by Gasteiger charge is 2.03. The molecular formula is C8H11N3O3. The van der Waals surface area contributed by atoms with E-state index in [1.54, 1.807) is 18.4 Å². The van der Waals surface area contributed by atoms with E-state index in [2.05, 4.69) is 5.32 Å². The summed E-state index contributed by atoms with van der Waals surface area (Å²) >= 11 is 0. The summed E-state index contributed by atoms with van der Waals surface area (Å²) in [4.78, 5) is 21.1. The number of carbonyl (C=O) groups is 2. The molecule has 0 unspecified atom stereocenters. The van der Waals surface area contributed by atoms with Gasteiger partial charge in [0, 0.05) is 0 Å². The van der Waals surface area contributed by atoms with Gasteiger partial charge in [-0.3, -0.25) is 10.1 Å². The van der Waals surface area contributed by atoms with Gasteiger partial charge in [0.15, 0.2) is 0 Å². The van der Waals surface area contributed by atoms with E-state index in [0.29, 0.717) is 6.54 Å². The lowest BCUT2D eigenvalue weighted by atomic mass is 10.4. The van der Waals surface area contributed by atoms with Crippen molar-refractivity contribution in [2.24, 2.45) is 5.73 Å². The molecule has 0 fully saturated rings. The van der Waals surface area contributed by atoms with Gasteiger partial charge in [0.25, 0.3) is 0 Å². The first-order valence-corrected chi connectivity index (χ1v) is 4.01.